The van der Waals surface area contributed by atoms with Gasteiger partial charge < -0.3 is 20.1 Å². The normalized spacial score (nSPS) is 12.5. The van der Waals surface area contributed by atoms with Gasteiger partial charge in [-0.1, -0.05) is 19.9 Å². The Bertz CT molecular complexity index is 627. The molecule has 0 aliphatic heterocycles. The molecule has 0 saturated heterocycles. The van der Waals surface area contributed by atoms with E-state index in [-0.39, 0.29) is 0 Å². The van der Waals surface area contributed by atoms with Crippen molar-refractivity contribution in [3.63, 3.8) is 0 Å². The molecule has 24 heavy (non-hydrogen) atoms. The minimum atomic E-state index is -0.423. The summed E-state index contributed by atoms with van der Waals surface area (Å²) in [6, 6.07) is 7.82. The second kappa shape index (κ2) is 9.45. The second-order valence-corrected chi connectivity index (χ2v) is 6.09. The predicted molar refractivity (Wildman–Crippen MR) is 99.8 cm³/mol. The molecule has 0 spiro atoms. The summed E-state index contributed by atoms with van der Waals surface area (Å²) in [5.74, 6) is 0.783. The number of hydrogen-bond donors (Lipinski definition) is 2. The highest BCUT2D eigenvalue weighted by Gasteiger charge is 2.12. The van der Waals surface area contributed by atoms with Crippen molar-refractivity contribution in [2.24, 2.45) is 0 Å². The summed E-state index contributed by atoms with van der Waals surface area (Å²) in [5, 5.41) is 14.7. The number of benzene rings is 1. The highest BCUT2D eigenvalue weighted by atomic mass is 16.5. The zero-order valence-corrected chi connectivity index (χ0v) is 15.0. The Balaban J connectivity index is 2.04. The first-order valence-corrected chi connectivity index (χ1v) is 8.75. The molecule has 2 rings (SSSR count). The van der Waals surface area contributed by atoms with Crippen LogP contribution < -0.4 is 10.1 Å². The fourth-order valence-electron chi connectivity index (χ4n) is 2.93. The van der Waals surface area contributed by atoms with Crippen molar-refractivity contribution in [2.45, 2.75) is 32.8 Å². The van der Waals surface area contributed by atoms with E-state index in [0.29, 0.717) is 13.1 Å². The highest BCUT2D eigenvalue weighted by molar-refractivity contribution is 5.91. The molecule has 132 valence electrons. The van der Waals surface area contributed by atoms with Gasteiger partial charge >= 0.3 is 0 Å². The second-order valence-electron chi connectivity index (χ2n) is 6.09. The first-order valence-electron chi connectivity index (χ1n) is 8.75. The Kier molecular flexibility index (Phi) is 7.28. The molecule has 1 heterocycles. The van der Waals surface area contributed by atoms with Gasteiger partial charge in [0.15, 0.2) is 0 Å². The fraction of sp³-hybridized carbons (Fsp3) is 0.526. The summed E-state index contributed by atoms with van der Waals surface area (Å²) < 4.78 is 5.36. The summed E-state index contributed by atoms with van der Waals surface area (Å²) in [6.07, 6.45) is 3.56. The van der Waals surface area contributed by atoms with Gasteiger partial charge in [-0.2, -0.15) is 0 Å². The molecule has 0 bridgehead atoms. The smallest absolute Gasteiger partial charge is 0.121 e. The van der Waals surface area contributed by atoms with Crippen LogP contribution in [0.3, 0.4) is 0 Å². The standard InChI is InChI=1S/C19H29N3O2/c1-4-9-22(10-5-2)14-16(23)13-21-18-12-17(24-3)11-15-7-6-8-20-19(15)18/h6-8,11-12,16,21,23H,4-5,9-10,13-14H2,1-3H3/t16-/m1/s1. The predicted octanol–water partition coefficient (Wildman–Crippen LogP) is 3.14. The third-order valence-electron chi connectivity index (χ3n) is 3.99. The van der Waals surface area contributed by atoms with E-state index in [0.717, 1.165) is 48.3 Å². The van der Waals surface area contributed by atoms with E-state index in [9.17, 15) is 5.11 Å². The quantitative estimate of drug-likeness (QED) is 0.700. The Morgan fingerprint density at radius 1 is 1.25 bits per heavy atom. The van der Waals surface area contributed by atoms with Gasteiger partial charge in [0.05, 0.1) is 24.4 Å². The lowest BCUT2D eigenvalue weighted by molar-refractivity contribution is 0.121. The Labute approximate surface area is 144 Å². The number of aliphatic hydroxyl groups excluding tert-OH is 1. The third-order valence-corrected chi connectivity index (χ3v) is 3.99. The number of aromatic nitrogens is 1. The molecule has 0 fully saturated rings. The maximum atomic E-state index is 10.4. The molecule has 0 radical (unpaired) electrons. The van der Waals surface area contributed by atoms with Gasteiger partial charge in [0.1, 0.15) is 5.75 Å². The summed E-state index contributed by atoms with van der Waals surface area (Å²) in [5.41, 5.74) is 1.78. The van der Waals surface area contributed by atoms with E-state index in [2.05, 4.69) is 29.0 Å². The van der Waals surface area contributed by atoms with Gasteiger partial charge in [-0.05, 0) is 38.1 Å². The van der Waals surface area contributed by atoms with Crippen LogP contribution in [0.1, 0.15) is 26.7 Å². The number of pyridine rings is 1. The van der Waals surface area contributed by atoms with E-state index in [1.165, 1.54) is 0 Å². The zero-order valence-electron chi connectivity index (χ0n) is 15.0. The lowest BCUT2D eigenvalue weighted by atomic mass is 10.1. The molecular weight excluding hydrogens is 302 g/mol. The van der Waals surface area contributed by atoms with E-state index in [1.807, 2.05) is 24.3 Å². The van der Waals surface area contributed by atoms with Crippen molar-refractivity contribution in [3.05, 3.63) is 30.5 Å². The third kappa shape index (κ3) is 5.08. The molecule has 0 amide bonds. The van der Waals surface area contributed by atoms with Gasteiger partial charge in [0.25, 0.3) is 0 Å². The monoisotopic (exact) mass is 331 g/mol. The van der Waals surface area contributed by atoms with Crippen LogP contribution in [0.4, 0.5) is 5.69 Å². The molecular formula is C19H29N3O2. The minimum Gasteiger partial charge on any atom is -0.497 e. The van der Waals surface area contributed by atoms with Gasteiger partial charge in [-0.3, -0.25) is 4.98 Å². The van der Waals surface area contributed by atoms with Crippen molar-refractivity contribution < 1.29 is 9.84 Å². The van der Waals surface area contributed by atoms with E-state index < -0.39 is 6.10 Å². The Morgan fingerprint density at radius 2 is 2.00 bits per heavy atom. The van der Waals surface area contributed by atoms with Crippen molar-refractivity contribution >= 4 is 16.6 Å². The first-order chi connectivity index (χ1) is 11.7. The van der Waals surface area contributed by atoms with E-state index in [4.69, 9.17) is 4.74 Å². The fourth-order valence-corrected chi connectivity index (χ4v) is 2.93. The number of aliphatic hydroxyl groups is 1. The molecule has 0 saturated carbocycles. The molecule has 1 atom stereocenters. The molecule has 1 aromatic carbocycles. The SMILES string of the molecule is CCCN(CCC)C[C@H](O)CNc1cc(OC)cc2cccnc12. The van der Waals surface area contributed by atoms with Crippen molar-refractivity contribution in [1.82, 2.24) is 9.88 Å². The summed E-state index contributed by atoms with van der Waals surface area (Å²) in [7, 11) is 1.66. The van der Waals surface area contributed by atoms with Crippen LogP contribution in [0.5, 0.6) is 5.75 Å². The molecule has 5 heteroatoms. The maximum absolute atomic E-state index is 10.4. The van der Waals surface area contributed by atoms with Crippen LogP contribution >= 0.6 is 0 Å². The van der Waals surface area contributed by atoms with Crippen molar-refractivity contribution in [3.8, 4) is 5.75 Å². The number of rotatable bonds is 10. The Morgan fingerprint density at radius 3 is 2.67 bits per heavy atom. The van der Waals surface area contributed by atoms with Crippen LogP contribution in [-0.2, 0) is 0 Å². The maximum Gasteiger partial charge on any atom is 0.121 e. The van der Waals surface area contributed by atoms with Gasteiger partial charge in [-0.15, -0.1) is 0 Å². The number of ether oxygens (including phenoxy) is 1. The summed E-state index contributed by atoms with van der Waals surface area (Å²) >= 11 is 0. The van der Waals surface area contributed by atoms with Crippen LogP contribution in [0.25, 0.3) is 10.9 Å². The number of hydrogen-bond acceptors (Lipinski definition) is 5. The number of anilines is 1. The molecule has 1 aromatic heterocycles. The number of methoxy groups -OCH3 is 1. The lowest BCUT2D eigenvalue weighted by Crippen LogP contribution is -2.37. The lowest BCUT2D eigenvalue weighted by Gasteiger charge is -2.24. The van der Waals surface area contributed by atoms with E-state index >= 15 is 0 Å². The topological polar surface area (TPSA) is 57.6 Å². The number of nitrogens with zero attached hydrogens (tertiary/aromatic N) is 2. The Hall–Kier alpha value is -1.85. The minimum absolute atomic E-state index is 0.423. The molecule has 5 nitrogen and oxygen atoms in total. The van der Waals surface area contributed by atoms with Crippen molar-refractivity contribution in [1.29, 1.82) is 0 Å². The average Bonchev–Trinajstić information content (AvgIpc) is 2.59. The number of nitrogens with one attached hydrogen (secondary N) is 1. The largest absolute Gasteiger partial charge is 0.497 e. The molecule has 0 unspecified atom stereocenters. The highest BCUT2D eigenvalue weighted by Crippen LogP contribution is 2.27. The van der Waals surface area contributed by atoms with Gasteiger partial charge in [0, 0.05) is 30.7 Å². The summed E-state index contributed by atoms with van der Waals surface area (Å²) in [4.78, 5) is 6.76. The first kappa shape index (κ1) is 18.5. The average molecular weight is 331 g/mol. The molecule has 2 aromatic rings. The van der Waals surface area contributed by atoms with Gasteiger partial charge in [0.2, 0.25) is 0 Å². The molecule has 2 N–H and O–H groups in total. The van der Waals surface area contributed by atoms with Crippen molar-refractivity contribution in [2.75, 3.05) is 38.6 Å². The summed E-state index contributed by atoms with van der Waals surface area (Å²) in [6.45, 7) is 7.55. The van der Waals surface area contributed by atoms with Crippen LogP contribution in [0.15, 0.2) is 30.5 Å². The van der Waals surface area contributed by atoms with E-state index in [1.54, 1.807) is 13.3 Å². The molecule has 0 aliphatic carbocycles. The molecule has 0 aliphatic rings. The van der Waals surface area contributed by atoms with Crippen LogP contribution in [0, 0.1) is 0 Å². The van der Waals surface area contributed by atoms with Gasteiger partial charge in [-0.25, -0.2) is 0 Å². The van der Waals surface area contributed by atoms with Crippen LogP contribution in [-0.4, -0.2) is 54.4 Å². The number of fused-ring (bicyclic) bond motifs is 1. The van der Waals surface area contributed by atoms with Crippen LogP contribution in [0.2, 0.25) is 0 Å². The zero-order chi connectivity index (χ0) is 17.4.